The van der Waals surface area contributed by atoms with Crippen LogP contribution in [0.1, 0.15) is 30.8 Å². The van der Waals surface area contributed by atoms with E-state index in [-0.39, 0.29) is 10.3 Å². The smallest absolute Gasteiger partial charge is 0.282 e. The molecule has 0 aliphatic heterocycles. The zero-order valence-corrected chi connectivity index (χ0v) is 13.3. The maximum absolute atomic E-state index is 12.5. The van der Waals surface area contributed by atoms with Crippen LogP contribution in [0.4, 0.5) is 0 Å². The monoisotopic (exact) mass is 325 g/mol. The summed E-state index contributed by atoms with van der Waals surface area (Å²) >= 11 is 5.22. The largest absolute Gasteiger partial charge is 0.460 e. The summed E-state index contributed by atoms with van der Waals surface area (Å²) in [6.45, 7) is 2.20. The number of benzene rings is 1. The van der Waals surface area contributed by atoms with Gasteiger partial charge >= 0.3 is 0 Å². The van der Waals surface area contributed by atoms with E-state index >= 15 is 0 Å². The van der Waals surface area contributed by atoms with Crippen molar-refractivity contribution >= 4 is 29.3 Å². The summed E-state index contributed by atoms with van der Waals surface area (Å²) in [5.41, 5.74) is 0.458. The molecule has 6 heteroatoms. The fraction of sp³-hybridized carbons (Fsp3) is 0.235. The van der Waals surface area contributed by atoms with Gasteiger partial charge in [-0.1, -0.05) is 19.1 Å². The normalized spacial score (nSPS) is 20.4. The van der Waals surface area contributed by atoms with E-state index in [0.717, 1.165) is 5.76 Å². The van der Waals surface area contributed by atoms with Gasteiger partial charge in [0.25, 0.3) is 5.56 Å². The molecule has 0 bridgehead atoms. The Kier molecular flexibility index (Phi) is 3.27. The number of fused-ring (bicyclic) bond motifs is 1. The van der Waals surface area contributed by atoms with Crippen molar-refractivity contribution in [3.05, 3.63) is 63.0 Å². The van der Waals surface area contributed by atoms with Gasteiger partial charge in [-0.2, -0.15) is 9.78 Å². The maximum Gasteiger partial charge on any atom is 0.282 e. The Labute approximate surface area is 137 Å². The van der Waals surface area contributed by atoms with Gasteiger partial charge in [-0.25, -0.2) is 0 Å². The number of aromatic nitrogens is 2. The third-order valence-corrected chi connectivity index (χ3v) is 4.48. The molecule has 4 rings (SSSR count). The van der Waals surface area contributed by atoms with Crippen LogP contribution in [0.5, 0.6) is 0 Å². The highest BCUT2D eigenvalue weighted by molar-refractivity contribution is 7.71. The van der Waals surface area contributed by atoms with E-state index in [2.05, 4.69) is 17.0 Å². The van der Waals surface area contributed by atoms with Crippen molar-refractivity contribution in [2.45, 2.75) is 19.3 Å². The second kappa shape index (κ2) is 5.31. The molecule has 0 saturated heterocycles. The van der Waals surface area contributed by atoms with Crippen LogP contribution in [0.3, 0.4) is 0 Å². The number of nitrogens with one attached hydrogen (secondary N) is 1. The summed E-state index contributed by atoms with van der Waals surface area (Å²) in [6.07, 6.45) is 2.69. The lowest BCUT2D eigenvalue weighted by molar-refractivity contribution is 0.500. The second-order valence-electron chi connectivity index (χ2n) is 5.90. The molecule has 23 heavy (non-hydrogen) atoms. The van der Waals surface area contributed by atoms with Gasteiger partial charge in [-0.15, -0.1) is 0 Å². The van der Waals surface area contributed by atoms with Crippen LogP contribution in [-0.4, -0.2) is 15.9 Å². The summed E-state index contributed by atoms with van der Waals surface area (Å²) in [6, 6.07) is 11.1. The molecule has 0 unspecified atom stereocenters. The quantitative estimate of drug-likeness (QED) is 0.590. The van der Waals surface area contributed by atoms with Crippen molar-refractivity contribution in [2.24, 2.45) is 11.0 Å². The van der Waals surface area contributed by atoms with Crippen LogP contribution in [0, 0.1) is 10.7 Å². The van der Waals surface area contributed by atoms with Gasteiger partial charge in [-0.05, 0) is 48.8 Å². The van der Waals surface area contributed by atoms with Crippen molar-refractivity contribution < 1.29 is 4.42 Å². The Morgan fingerprint density at radius 3 is 2.91 bits per heavy atom. The van der Waals surface area contributed by atoms with E-state index < -0.39 is 0 Å². The predicted octanol–water partition coefficient (Wildman–Crippen LogP) is 3.66. The van der Waals surface area contributed by atoms with Crippen molar-refractivity contribution in [1.29, 1.82) is 0 Å². The first-order valence-corrected chi connectivity index (χ1v) is 7.92. The van der Waals surface area contributed by atoms with Crippen LogP contribution in [0.2, 0.25) is 0 Å². The molecule has 3 aromatic rings. The second-order valence-corrected chi connectivity index (χ2v) is 6.28. The van der Waals surface area contributed by atoms with E-state index in [1.807, 2.05) is 30.3 Å². The van der Waals surface area contributed by atoms with E-state index in [1.165, 1.54) is 17.3 Å². The summed E-state index contributed by atoms with van der Waals surface area (Å²) < 4.78 is 7.20. The highest BCUT2D eigenvalue weighted by Crippen LogP contribution is 2.47. The molecule has 1 N–H and O–H groups in total. The molecule has 2 heterocycles. The molecule has 1 aliphatic rings. The summed E-state index contributed by atoms with van der Waals surface area (Å²) in [4.78, 5) is 15.5. The van der Waals surface area contributed by atoms with E-state index in [9.17, 15) is 4.79 Å². The van der Waals surface area contributed by atoms with Gasteiger partial charge in [0.1, 0.15) is 11.5 Å². The van der Waals surface area contributed by atoms with Gasteiger partial charge in [0.05, 0.1) is 17.1 Å². The number of aromatic amines is 1. The molecule has 5 nitrogen and oxygen atoms in total. The maximum atomic E-state index is 12.5. The summed E-state index contributed by atoms with van der Waals surface area (Å²) in [5.74, 6) is 2.80. The van der Waals surface area contributed by atoms with Gasteiger partial charge in [-0.3, -0.25) is 4.79 Å². The number of rotatable bonds is 3. The first-order valence-electron chi connectivity index (χ1n) is 7.51. The molecule has 1 aromatic carbocycles. The van der Waals surface area contributed by atoms with Crippen molar-refractivity contribution in [3.63, 3.8) is 0 Å². The fourth-order valence-corrected chi connectivity index (χ4v) is 2.97. The number of hydrogen-bond acceptors (Lipinski definition) is 4. The van der Waals surface area contributed by atoms with Crippen molar-refractivity contribution in [3.8, 4) is 0 Å². The number of hydrogen-bond donors (Lipinski definition) is 1. The van der Waals surface area contributed by atoms with Crippen LogP contribution >= 0.6 is 12.2 Å². The molecule has 1 saturated carbocycles. The number of furan rings is 1. The first kappa shape index (κ1) is 14.1. The minimum absolute atomic E-state index is 0.247. The van der Waals surface area contributed by atoms with Crippen LogP contribution in [0.15, 0.2) is 50.7 Å². The highest BCUT2D eigenvalue weighted by atomic mass is 32.1. The predicted molar refractivity (Wildman–Crippen MR) is 91.6 cm³/mol. The topological polar surface area (TPSA) is 63.3 Å². The average Bonchev–Trinajstić information content (AvgIpc) is 3.08. The standard InChI is InChI=1S/C17H15N3O2S/c1-10-8-13(10)15-7-6-11(22-15)9-18-20-16(21)12-4-2-3-5-14(12)19-17(20)23/h2-7,9-10,13H,8H2,1H3,(H,19,23)/b18-9-/t10-,13-/m1/s1. The van der Waals surface area contributed by atoms with Crippen LogP contribution in [0.25, 0.3) is 10.9 Å². The lowest BCUT2D eigenvalue weighted by Crippen LogP contribution is -2.18. The van der Waals surface area contributed by atoms with Gasteiger partial charge in [0.15, 0.2) is 0 Å². The Morgan fingerprint density at radius 2 is 2.13 bits per heavy atom. The third-order valence-electron chi connectivity index (χ3n) is 4.21. The molecule has 2 aromatic heterocycles. The molecule has 116 valence electrons. The van der Waals surface area contributed by atoms with Crippen LogP contribution < -0.4 is 5.56 Å². The third kappa shape index (κ3) is 2.55. The Bertz CT molecular complexity index is 1030. The summed E-state index contributed by atoms with van der Waals surface area (Å²) in [5, 5.41) is 4.73. The number of H-pyrrole nitrogens is 1. The van der Waals surface area contributed by atoms with Gasteiger partial charge in [0, 0.05) is 5.92 Å². The van der Waals surface area contributed by atoms with Crippen LogP contribution in [-0.2, 0) is 0 Å². The van der Waals surface area contributed by atoms with E-state index in [4.69, 9.17) is 16.6 Å². The molecule has 0 amide bonds. The Hall–Kier alpha value is -2.47. The molecule has 1 fully saturated rings. The average molecular weight is 325 g/mol. The minimum atomic E-state index is -0.247. The first-order chi connectivity index (χ1) is 11.1. The zero-order valence-electron chi connectivity index (χ0n) is 12.5. The lowest BCUT2D eigenvalue weighted by atomic mass is 10.2. The molecule has 0 radical (unpaired) electrons. The zero-order chi connectivity index (χ0) is 16.0. The molecule has 1 aliphatic carbocycles. The molecule has 2 atom stereocenters. The number of para-hydroxylation sites is 1. The SMILES string of the molecule is C[C@@H]1C[C@H]1c1ccc(/C=N\n2c(=S)[nH]c3ccccc3c2=O)o1. The lowest BCUT2D eigenvalue weighted by Gasteiger charge is -2.01. The minimum Gasteiger partial charge on any atom is -0.460 e. The molecule has 0 spiro atoms. The Balaban J connectivity index is 1.71. The Morgan fingerprint density at radius 1 is 1.35 bits per heavy atom. The van der Waals surface area contributed by atoms with E-state index in [1.54, 1.807) is 6.07 Å². The van der Waals surface area contributed by atoms with Gasteiger partial charge in [0.2, 0.25) is 4.77 Å². The van der Waals surface area contributed by atoms with Gasteiger partial charge < -0.3 is 9.40 Å². The fourth-order valence-electron chi connectivity index (χ4n) is 2.73. The van der Waals surface area contributed by atoms with Crippen molar-refractivity contribution in [1.82, 2.24) is 9.66 Å². The number of nitrogens with zero attached hydrogens (tertiary/aromatic N) is 2. The summed E-state index contributed by atoms with van der Waals surface area (Å²) in [7, 11) is 0. The molecular formula is C17H15N3O2S. The van der Waals surface area contributed by atoms with E-state index in [0.29, 0.717) is 28.5 Å². The van der Waals surface area contributed by atoms with Crippen molar-refractivity contribution in [2.75, 3.05) is 0 Å². The highest BCUT2D eigenvalue weighted by Gasteiger charge is 2.36. The molecular weight excluding hydrogens is 310 g/mol.